The van der Waals surface area contributed by atoms with Crippen molar-refractivity contribution in [1.29, 1.82) is 0 Å². The van der Waals surface area contributed by atoms with Crippen LogP contribution in [0.3, 0.4) is 0 Å². The Balaban J connectivity index is 2.29. The van der Waals surface area contributed by atoms with Gasteiger partial charge in [0.1, 0.15) is 6.04 Å². The molecule has 0 aromatic heterocycles. The molecule has 0 fully saturated rings. The minimum Gasteiger partial charge on any atom is -0.480 e. The van der Waals surface area contributed by atoms with Gasteiger partial charge < -0.3 is 10.4 Å². The zero-order valence-electron chi connectivity index (χ0n) is 10.7. The number of fused-ring (bicyclic) bond motifs is 1. The van der Waals surface area contributed by atoms with Crippen molar-refractivity contribution in [3.8, 4) is 0 Å². The van der Waals surface area contributed by atoms with Crippen molar-refractivity contribution in [3.05, 3.63) is 23.8 Å². The number of carboxylic acid groups (broad SMARTS) is 1. The minimum atomic E-state index is -3.93. The number of sulfonamides is 1. The molecule has 1 aromatic rings. The number of amides is 1. The summed E-state index contributed by atoms with van der Waals surface area (Å²) in [6.07, 6.45) is 0.258. The number of anilines is 1. The average molecular weight is 298 g/mol. The smallest absolute Gasteiger partial charge is 0.321 e. The van der Waals surface area contributed by atoms with Gasteiger partial charge in [0, 0.05) is 5.69 Å². The molecular weight excluding hydrogens is 284 g/mol. The lowest BCUT2D eigenvalue weighted by molar-refractivity contribution is -0.139. The van der Waals surface area contributed by atoms with Crippen molar-refractivity contribution in [2.24, 2.45) is 0 Å². The lowest BCUT2D eigenvalue weighted by Gasteiger charge is -2.13. The number of hydrogen-bond acceptors (Lipinski definition) is 4. The molecule has 0 radical (unpaired) electrons. The Labute approximate surface area is 116 Å². The van der Waals surface area contributed by atoms with Crippen LogP contribution < -0.4 is 10.0 Å². The second-order valence-electron chi connectivity index (χ2n) is 4.46. The Morgan fingerprint density at radius 3 is 2.80 bits per heavy atom. The summed E-state index contributed by atoms with van der Waals surface area (Å²) in [4.78, 5) is 22.1. The highest BCUT2D eigenvalue weighted by molar-refractivity contribution is 7.89. The molecule has 1 aliphatic heterocycles. The van der Waals surface area contributed by atoms with Gasteiger partial charge in [-0.2, -0.15) is 4.72 Å². The van der Waals surface area contributed by atoms with E-state index in [9.17, 15) is 18.0 Å². The first-order valence-corrected chi connectivity index (χ1v) is 7.49. The van der Waals surface area contributed by atoms with Gasteiger partial charge in [-0.3, -0.25) is 9.59 Å². The van der Waals surface area contributed by atoms with Gasteiger partial charge in [-0.25, -0.2) is 8.42 Å². The Morgan fingerprint density at radius 2 is 2.20 bits per heavy atom. The van der Waals surface area contributed by atoms with Crippen LogP contribution in [0.5, 0.6) is 0 Å². The Bertz CT molecular complexity index is 668. The van der Waals surface area contributed by atoms with Gasteiger partial charge in [-0.15, -0.1) is 0 Å². The molecule has 0 aliphatic carbocycles. The van der Waals surface area contributed by atoms with Crippen LogP contribution >= 0.6 is 0 Å². The zero-order chi connectivity index (χ0) is 14.9. The number of aliphatic carboxylic acids is 1. The summed E-state index contributed by atoms with van der Waals surface area (Å²) >= 11 is 0. The van der Waals surface area contributed by atoms with Gasteiger partial charge in [-0.05, 0) is 30.2 Å². The first kappa shape index (κ1) is 14.5. The number of hydrogen-bond donors (Lipinski definition) is 3. The summed E-state index contributed by atoms with van der Waals surface area (Å²) in [5.74, 6) is -1.42. The second kappa shape index (κ2) is 5.22. The van der Waals surface area contributed by atoms with E-state index in [0.717, 1.165) is 0 Å². The maximum atomic E-state index is 12.1. The van der Waals surface area contributed by atoms with Gasteiger partial charge in [-0.1, -0.05) is 6.92 Å². The van der Waals surface area contributed by atoms with Crippen molar-refractivity contribution >= 4 is 27.6 Å². The average Bonchev–Trinajstić information content (AvgIpc) is 2.74. The van der Waals surface area contributed by atoms with Gasteiger partial charge in [0.05, 0.1) is 11.3 Å². The van der Waals surface area contributed by atoms with Crippen molar-refractivity contribution in [3.63, 3.8) is 0 Å². The fraction of sp³-hybridized carbons (Fsp3) is 0.333. The van der Waals surface area contributed by atoms with Gasteiger partial charge in [0.25, 0.3) is 0 Å². The monoisotopic (exact) mass is 298 g/mol. The fourth-order valence-electron chi connectivity index (χ4n) is 1.94. The Hall–Kier alpha value is -1.93. The fourth-order valence-corrected chi connectivity index (χ4v) is 3.26. The maximum Gasteiger partial charge on any atom is 0.321 e. The quantitative estimate of drug-likeness (QED) is 0.724. The molecule has 0 bridgehead atoms. The molecule has 0 spiro atoms. The molecule has 1 aromatic carbocycles. The van der Waals surface area contributed by atoms with Gasteiger partial charge >= 0.3 is 5.97 Å². The van der Waals surface area contributed by atoms with Crippen molar-refractivity contribution in [2.75, 3.05) is 5.32 Å². The summed E-state index contributed by atoms with van der Waals surface area (Å²) < 4.78 is 26.3. The van der Waals surface area contributed by atoms with Crippen molar-refractivity contribution in [1.82, 2.24) is 4.72 Å². The number of rotatable bonds is 5. The SMILES string of the molecule is CC[C@H](NS(=O)(=O)c1ccc2c(c1)CC(=O)N2)C(=O)O. The first-order chi connectivity index (χ1) is 9.33. The highest BCUT2D eigenvalue weighted by Crippen LogP contribution is 2.25. The van der Waals surface area contributed by atoms with E-state index in [2.05, 4.69) is 10.0 Å². The highest BCUT2D eigenvalue weighted by Gasteiger charge is 2.26. The van der Waals surface area contributed by atoms with Crippen LogP contribution in [0.2, 0.25) is 0 Å². The molecule has 1 amide bonds. The number of carboxylic acids is 1. The van der Waals surface area contributed by atoms with Crippen molar-refractivity contribution in [2.45, 2.75) is 30.7 Å². The third-order valence-electron chi connectivity index (χ3n) is 3.02. The van der Waals surface area contributed by atoms with E-state index in [1.807, 2.05) is 0 Å². The summed E-state index contributed by atoms with van der Waals surface area (Å²) in [7, 11) is -3.93. The van der Waals surface area contributed by atoms with E-state index in [4.69, 9.17) is 5.11 Å². The number of carbonyl (C=O) groups excluding carboxylic acids is 1. The molecule has 2 rings (SSSR count). The molecule has 8 heteroatoms. The molecule has 108 valence electrons. The molecule has 1 heterocycles. The Kier molecular flexibility index (Phi) is 3.78. The summed E-state index contributed by atoms with van der Waals surface area (Å²) in [5.41, 5.74) is 1.17. The predicted molar refractivity (Wildman–Crippen MR) is 70.8 cm³/mol. The van der Waals surface area contributed by atoms with E-state index in [1.165, 1.54) is 18.2 Å². The molecule has 20 heavy (non-hydrogen) atoms. The van der Waals surface area contributed by atoms with E-state index < -0.39 is 22.0 Å². The number of nitrogens with one attached hydrogen (secondary N) is 2. The number of carbonyl (C=O) groups is 2. The largest absolute Gasteiger partial charge is 0.480 e. The molecule has 0 unspecified atom stereocenters. The lowest BCUT2D eigenvalue weighted by Crippen LogP contribution is -2.40. The third kappa shape index (κ3) is 2.81. The van der Waals surface area contributed by atoms with E-state index in [-0.39, 0.29) is 23.6 Å². The van der Waals surface area contributed by atoms with E-state index in [1.54, 1.807) is 6.92 Å². The van der Waals surface area contributed by atoms with Crippen LogP contribution in [0.25, 0.3) is 0 Å². The second-order valence-corrected chi connectivity index (χ2v) is 6.18. The van der Waals surface area contributed by atoms with Crippen LogP contribution in [-0.4, -0.2) is 31.4 Å². The molecule has 1 atom stereocenters. The van der Waals surface area contributed by atoms with Crippen LogP contribution in [0, 0.1) is 0 Å². The van der Waals surface area contributed by atoms with Gasteiger partial charge in [0.15, 0.2) is 0 Å². The zero-order valence-corrected chi connectivity index (χ0v) is 11.5. The van der Waals surface area contributed by atoms with E-state index >= 15 is 0 Å². The van der Waals surface area contributed by atoms with Crippen LogP contribution in [0.1, 0.15) is 18.9 Å². The summed E-state index contributed by atoms with van der Waals surface area (Å²) in [5, 5.41) is 11.5. The summed E-state index contributed by atoms with van der Waals surface area (Å²) in [6, 6.07) is 3.04. The van der Waals surface area contributed by atoms with Crippen LogP contribution in [0.15, 0.2) is 23.1 Å². The topological polar surface area (TPSA) is 113 Å². The summed E-state index contributed by atoms with van der Waals surface area (Å²) in [6.45, 7) is 1.58. The van der Waals surface area contributed by atoms with Crippen molar-refractivity contribution < 1.29 is 23.1 Å². The third-order valence-corrected chi connectivity index (χ3v) is 4.49. The molecule has 3 N–H and O–H groups in total. The molecule has 1 aliphatic rings. The standard InChI is InChI=1S/C12H14N2O5S/c1-2-9(12(16)17)14-20(18,19)8-3-4-10-7(5-8)6-11(15)13-10/h3-5,9,14H,2,6H2,1H3,(H,13,15)(H,16,17)/t9-/m0/s1. The highest BCUT2D eigenvalue weighted by atomic mass is 32.2. The van der Waals surface area contributed by atoms with Crippen LogP contribution in [0.4, 0.5) is 5.69 Å². The van der Waals surface area contributed by atoms with E-state index in [0.29, 0.717) is 11.3 Å². The predicted octanol–water partition coefficient (Wildman–Crippen LogP) is 0.323. The minimum absolute atomic E-state index is 0.0487. The van der Waals surface area contributed by atoms with Gasteiger partial charge in [0.2, 0.25) is 15.9 Å². The molecule has 0 saturated heterocycles. The molecular formula is C12H14N2O5S. The number of benzene rings is 1. The normalized spacial score (nSPS) is 15.6. The molecule has 7 nitrogen and oxygen atoms in total. The maximum absolute atomic E-state index is 12.1. The lowest BCUT2D eigenvalue weighted by atomic mass is 10.2. The van der Waals surface area contributed by atoms with Crippen LogP contribution in [-0.2, 0) is 26.0 Å². The molecule has 0 saturated carbocycles. The Morgan fingerprint density at radius 1 is 1.50 bits per heavy atom. The first-order valence-electron chi connectivity index (χ1n) is 6.01.